The smallest absolute Gasteiger partial charge is 0.338 e. The van der Waals surface area contributed by atoms with Gasteiger partial charge < -0.3 is 4.84 Å². The minimum atomic E-state index is -0.598. The average molecular weight is 259 g/mol. The number of carbonyl (C=O) groups is 1. The first-order valence-corrected chi connectivity index (χ1v) is 6.08. The number of hydrogen-bond donors (Lipinski definition) is 1. The molecule has 1 amide bonds. The van der Waals surface area contributed by atoms with Crippen molar-refractivity contribution in [2.75, 3.05) is 7.11 Å². The van der Waals surface area contributed by atoms with Gasteiger partial charge in [0.2, 0.25) is 5.54 Å². The van der Waals surface area contributed by atoms with Gasteiger partial charge >= 0.3 is 5.91 Å². The molecule has 1 aromatic rings. The number of amides is 1. The molecule has 1 unspecified atom stereocenters. The van der Waals surface area contributed by atoms with Crippen molar-refractivity contribution >= 4 is 12.2 Å². The van der Waals surface area contributed by atoms with E-state index in [1.54, 1.807) is 24.3 Å². The highest BCUT2D eigenvalue weighted by atomic mass is 16.7. The van der Waals surface area contributed by atoms with E-state index in [2.05, 4.69) is 11.2 Å². The summed E-state index contributed by atoms with van der Waals surface area (Å²) in [6.45, 7) is 3.82. The van der Waals surface area contributed by atoms with Gasteiger partial charge in [0.1, 0.15) is 7.11 Å². The van der Waals surface area contributed by atoms with Crippen LogP contribution < -0.4 is 5.32 Å². The molecule has 0 heterocycles. The number of benzene rings is 1. The molecule has 4 heteroatoms. The van der Waals surface area contributed by atoms with Gasteiger partial charge in [0.25, 0.3) is 6.34 Å². The minimum absolute atomic E-state index is 0.210. The summed E-state index contributed by atoms with van der Waals surface area (Å²) in [4.78, 5) is 17.1. The van der Waals surface area contributed by atoms with Crippen LogP contribution in [0.4, 0.5) is 0 Å². The quantitative estimate of drug-likeness (QED) is 0.288. The Morgan fingerprint density at radius 2 is 2.16 bits per heavy atom. The van der Waals surface area contributed by atoms with Crippen molar-refractivity contribution < 1.29 is 14.4 Å². The molecule has 0 bridgehead atoms. The van der Waals surface area contributed by atoms with E-state index in [4.69, 9.17) is 11.3 Å². The second-order valence-corrected chi connectivity index (χ2v) is 4.25. The maximum Gasteiger partial charge on any atom is 0.338 e. The number of hydrogen-bond acceptors (Lipinski definition) is 2. The van der Waals surface area contributed by atoms with Crippen LogP contribution in [0.1, 0.15) is 30.6 Å². The van der Waals surface area contributed by atoms with Crippen molar-refractivity contribution in [2.24, 2.45) is 0 Å². The Labute approximate surface area is 114 Å². The largest absolute Gasteiger partial charge is 0.343 e. The molecule has 0 fully saturated rings. The highest BCUT2D eigenvalue weighted by Crippen LogP contribution is 2.12. The van der Waals surface area contributed by atoms with Crippen LogP contribution in [0.25, 0.3) is 0 Å². The summed E-state index contributed by atoms with van der Waals surface area (Å²) in [7, 11) is 1.51. The number of rotatable bonds is 5. The van der Waals surface area contributed by atoms with Crippen molar-refractivity contribution in [3.05, 3.63) is 35.9 Å². The lowest BCUT2D eigenvalue weighted by Gasteiger charge is -2.20. The van der Waals surface area contributed by atoms with Gasteiger partial charge in [-0.25, -0.2) is 10.1 Å². The number of carbonyl (C=O) groups excluding carboxylic acids is 1. The van der Waals surface area contributed by atoms with E-state index in [9.17, 15) is 4.79 Å². The first-order valence-electron chi connectivity index (χ1n) is 6.08. The second-order valence-electron chi connectivity index (χ2n) is 4.25. The van der Waals surface area contributed by atoms with Crippen LogP contribution in [0.5, 0.6) is 0 Å². The molecule has 1 atom stereocenters. The van der Waals surface area contributed by atoms with Gasteiger partial charge in [-0.1, -0.05) is 35.8 Å². The standard InChI is InChI=1S/C15H18N2O2/c1-5-15(3,6-2)17(19-4)12-16-14(18)13-10-8-7-9-11-13/h1,7-12H,6H2,2-4H3/p+1. The number of hydroxylamine groups is 1. The first-order chi connectivity index (χ1) is 9.07. The van der Waals surface area contributed by atoms with Crippen LogP contribution in [0, 0.1) is 12.3 Å². The van der Waals surface area contributed by atoms with Gasteiger partial charge in [-0.05, 0) is 19.1 Å². The third-order valence-electron chi connectivity index (χ3n) is 3.03. The van der Waals surface area contributed by atoms with E-state index < -0.39 is 5.54 Å². The van der Waals surface area contributed by atoms with E-state index in [1.807, 2.05) is 19.9 Å². The van der Waals surface area contributed by atoms with Crippen LogP contribution in [-0.2, 0) is 4.84 Å². The van der Waals surface area contributed by atoms with Crippen LogP contribution in [-0.4, -0.2) is 29.6 Å². The lowest BCUT2D eigenvalue weighted by atomic mass is 10.0. The van der Waals surface area contributed by atoms with E-state index in [0.29, 0.717) is 12.0 Å². The van der Waals surface area contributed by atoms with Crippen LogP contribution in [0.15, 0.2) is 30.3 Å². The van der Waals surface area contributed by atoms with Crippen molar-refractivity contribution in [3.63, 3.8) is 0 Å². The third kappa shape index (κ3) is 3.59. The molecule has 1 rings (SSSR count). The summed E-state index contributed by atoms with van der Waals surface area (Å²) in [5.41, 5.74) is -0.0210. The predicted octanol–water partition coefficient (Wildman–Crippen LogP) is 1.82. The zero-order valence-electron chi connectivity index (χ0n) is 11.5. The van der Waals surface area contributed by atoms with Gasteiger partial charge in [0.05, 0.1) is 5.56 Å². The fourth-order valence-electron chi connectivity index (χ4n) is 1.51. The Hall–Kier alpha value is -2.28. The number of nitrogens with one attached hydrogen (secondary N) is 1. The fourth-order valence-corrected chi connectivity index (χ4v) is 1.51. The van der Waals surface area contributed by atoms with Crippen molar-refractivity contribution in [3.8, 4) is 12.3 Å². The molecular weight excluding hydrogens is 240 g/mol. The monoisotopic (exact) mass is 259 g/mol. The van der Waals surface area contributed by atoms with E-state index in [-0.39, 0.29) is 5.91 Å². The van der Waals surface area contributed by atoms with Crippen molar-refractivity contribution in [1.29, 1.82) is 0 Å². The van der Waals surface area contributed by atoms with Crippen molar-refractivity contribution in [2.45, 2.75) is 25.8 Å². The van der Waals surface area contributed by atoms with Gasteiger partial charge in [-0.2, -0.15) is 0 Å². The molecule has 4 nitrogen and oxygen atoms in total. The third-order valence-corrected chi connectivity index (χ3v) is 3.03. The average Bonchev–Trinajstić information content (AvgIpc) is 2.48. The lowest BCUT2D eigenvalue weighted by molar-refractivity contribution is -0.817. The van der Waals surface area contributed by atoms with E-state index in [1.165, 1.54) is 18.2 Å². The summed E-state index contributed by atoms with van der Waals surface area (Å²) in [6, 6.07) is 8.94. The maximum atomic E-state index is 11.9. The molecule has 19 heavy (non-hydrogen) atoms. The molecule has 0 aliphatic carbocycles. The summed E-state index contributed by atoms with van der Waals surface area (Å²) in [6.07, 6.45) is 7.65. The SMILES string of the molecule is C#CC(C)(CC)[N+](=CNC(=O)c1ccccc1)OC. The van der Waals surface area contributed by atoms with Crippen molar-refractivity contribution in [1.82, 2.24) is 5.32 Å². The molecule has 0 radical (unpaired) electrons. The Morgan fingerprint density at radius 1 is 1.53 bits per heavy atom. The Balaban J connectivity index is 2.85. The molecule has 0 saturated heterocycles. The van der Waals surface area contributed by atoms with Gasteiger partial charge in [-0.3, -0.25) is 0 Å². The summed E-state index contributed by atoms with van der Waals surface area (Å²) < 4.78 is 1.47. The Kier molecular flexibility index (Phi) is 5.13. The molecular formula is C15H19N2O2+. The molecule has 0 aliphatic rings. The van der Waals surface area contributed by atoms with Crippen LogP contribution >= 0.6 is 0 Å². The Bertz CT molecular complexity index is 503. The molecule has 1 N–H and O–H groups in total. The number of nitrogens with zero attached hydrogens (tertiary/aromatic N) is 1. The molecule has 0 aliphatic heterocycles. The van der Waals surface area contributed by atoms with E-state index in [0.717, 1.165) is 0 Å². The van der Waals surface area contributed by atoms with E-state index >= 15 is 0 Å². The number of terminal acetylenes is 1. The zero-order chi connectivity index (χ0) is 14.3. The predicted molar refractivity (Wildman–Crippen MR) is 74.8 cm³/mol. The van der Waals surface area contributed by atoms with Gasteiger partial charge in [0, 0.05) is 6.42 Å². The zero-order valence-corrected chi connectivity index (χ0v) is 11.5. The molecule has 100 valence electrons. The molecule has 0 saturated carbocycles. The van der Waals surface area contributed by atoms with Crippen LogP contribution in [0.2, 0.25) is 0 Å². The second kappa shape index (κ2) is 6.60. The van der Waals surface area contributed by atoms with Gasteiger partial charge in [-0.15, -0.1) is 6.42 Å². The topological polar surface area (TPSA) is 41.3 Å². The lowest BCUT2D eigenvalue weighted by Crippen LogP contribution is -2.41. The van der Waals surface area contributed by atoms with Crippen LogP contribution in [0.3, 0.4) is 0 Å². The molecule has 0 spiro atoms. The Morgan fingerprint density at radius 3 is 2.63 bits per heavy atom. The summed E-state index contributed by atoms with van der Waals surface area (Å²) >= 11 is 0. The molecule has 1 aromatic carbocycles. The summed E-state index contributed by atoms with van der Waals surface area (Å²) in [5, 5.41) is 2.67. The van der Waals surface area contributed by atoms with Gasteiger partial charge in [0.15, 0.2) is 0 Å². The highest BCUT2D eigenvalue weighted by molar-refractivity contribution is 5.99. The first kappa shape index (κ1) is 14.8. The minimum Gasteiger partial charge on any atom is -0.343 e. The highest BCUT2D eigenvalue weighted by Gasteiger charge is 2.29. The maximum absolute atomic E-state index is 11.9. The summed E-state index contributed by atoms with van der Waals surface area (Å²) in [5.74, 6) is 2.45. The normalized spacial score (nSPS) is 14.1. The fraction of sp³-hybridized carbons (Fsp3) is 0.333. The molecule has 0 aromatic heterocycles.